The normalized spacial score (nSPS) is 14.9. The Hall–Kier alpha value is -2.19. The van der Waals surface area contributed by atoms with Crippen molar-refractivity contribution in [3.8, 4) is 17.6 Å². The number of benzene rings is 1. The molecule has 0 unspecified atom stereocenters. The van der Waals surface area contributed by atoms with Crippen LogP contribution in [0.2, 0.25) is 0 Å². The lowest BCUT2D eigenvalue weighted by Gasteiger charge is -2.22. The molecule has 1 aromatic carbocycles. The van der Waals surface area contributed by atoms with Crippen LogP contribution in [-0.2, 0) is 4.74 Å². The molecule has 1 fully saturated rings. The summed E-state index contributed by atoms with van der Waals surface area (Å²) >= 11 is 0. The zero-order chi connectivity index (χ0) is 14.9. The molecule has 2 N–H and O–H groups in total. The molecule has 0 atom stereocenters. The Balaban J connectivity index is 1.83. The van der Waals surface area contributed by atoms with Gasteiger partial charge in [0.2, 0.25) is 0 Å². The van der Waals surface area contributed by atoms with Gasteiger partial charge in [0.25, 0.3) is 0 Å². The molecular weight excluding hydrogens is 270 g/mol. The molecule has 21 heavy (non-hydrogen) atoms. The fourth-order valence-electron chi connectivity index (χ4n) is 2.06. The highest BCUT2D eigenvalue weighted by Gasteiger charge is 2.14. The van der Waals surface area contributed by atoms with Crippen LogP contribution in [0.5, 0.6) is 5.75 Å². The first kappa shape index (κ1) is 15.2. The van der Waals surface area contributed by atoms with Gasteiger partial charge < -0.3 is 19.9 Å². The summed E-state index contributed by atoms with van der Waals surface area (Å²) in [6.07, 6.45) is 1.01. The number of hydrogen-bond donors (Lipinski definition) is 2. The van der Waals surface area contributed by atoms with E-state index in [1.54, 1.807) is 0 Å². The molecule has 5 heteroatoms. The van der Waals surface area contributed by atoms with Gasteiger partial charge in [-0.1, -0.05) is 17.9 Å². The second-order valence-corrected chi connectivity index (χ2v) is 4.86. The Bertz CT molecular complexity index is 527. The van der Waals surface area contributed by atoms with Crippen molar-refractivity contribution < 1.29 is 19.4 Å². The number of rotatable bonds is 4. The third-order valence-corrected chi connectivity index (χ3v) is 3.22. The molecule has 1 amide bonds. The highest BCUT2D eigenvalue weighted by atomic mass is 16.5. The molecule has 2 rings (SSSR count). The van der Waals surface area contributed by atoms with Gasteiger partial charge in [-0.3, -0.25) is 0 Å². The van der Waals surface area contributed by atoms with Crippen molar-refractivity contribution in [3.63, 3.8) is 0 Å². The predicted molar refractivity (Wildman–Crippen MR) is 78.4 cm³/mol. The minimum Gasteiger partial charge on any atom is -0.493 e. The van der Waals surface area contributed by atoms with Crippen molar-refractivity contribution in [1.29, 1.82) is 0 Å². The zero-order valence-electron chi connectivity index (χ0n) is 11.8. The number of carbonyl (C=O) groups is 1. The van der Waals surface area contributed by atoms with Crippen LogP contribution in [0.1, 0.15) is 18.4 Å². The van der Waals surface area contributed by atoms with E-state index < -0.39 is 6.09 Å². The van der Waals surface area contributed by atoms with Crippen molar-refractivity contribution >= 4 is 6.09 Å². The van der Waals surface area contributed by atoms with Gasteiger partial charge in [-0.05, 0) is 37.0 Å². The van der Waals surface area contributed by atoms with E-state index in [-0.39, 0.29) is 6.54 Å². The van der Waals surface area contributed by atoms with E-state index >= 15 is 0 Å². The SMILES string of the molecule is O=C(O)NCC#Cc1cccc(OCC2CCOCC2)c1. The largest absolute Gasteiger partial charge is 0.493 e. The summed E-state index contributed by atoms with van der Waals surface area (Å²) < 4.78 is 11.1. The summed E-state index contributed by atoms with van der Waals surface area (Å²) in [6.45, 7) is 2.44. The van der Waals surface area contributed by atoms with Gasteiger partial charge in [0.1, 0.15) is 5.75 Å². The predicted octanol–water partition coefficient (Wildman–Crippen LogP) is 2.11. The molecular formula is C16H19NO4. The topological polar surface area (TPSA) is 67.8 Å². The molecule has 1 aliphatic heterocycles. The monoisotopic (exact) mass is 289 g/mol. The molecule has 0 bridgehead atoms. The first-order valence-electron chi connectivity index (χ1n) is 7.00. The van der Waals surface area contributed by atoms with Crippen LogP contribution < -0.4 is 10.1 Å². The summed E-state index contributed by atoms with van der Waals surface area (Å²) in [5.74, 6) is 6.99. The highest BCUT2D eigenvalue weighted by molar-refractivity contribution is 5.64. The minimum atomic E-state index is -1.07. The summed E-state index contributed by atoms with van der Waals surface area (Å²) in [5.41, 5.74) is 0.812. The van der Waals surface area contributed by atoms with Crippen molar-refractivity contribution in [1.82, 2.24) is 5.32 Å². The maximum absolute atomic E-state index is 10.3. The maximum atomic E-state index is 10.3. The van der Waals surface area contributed by atoms with Crippen molar-refractivity contribution in [2.24, 2.45) is 5.92 Å². The third-order valence-electron chi connectivity index (χ3n) is 3.22. The quantitative estimate of drug-likeness (QED) is 0.833. The van der Waals surface area contributed by atoms with Crippen molar-refractivity contribution in [2.75, 3.05) is 26.4 Å². The van der Waals surface area contributed by atoms with Gasteiger partial charge in [0.15, 0.2) is 0 Å². The molecule has 0 aliphatic carbocycles. The van der Waals surface area contributed by atoms with Crippen LogP contribution in [0.4, 0.5) is 4.79 Å². The van der Waals surface area contributed by atoms with Gasteiger partial charge in [-0.2, -0.15) is 0 Å². The van der Waals surface area contributed by atoms with Crippen LogP contribution in [0.25, 0.3) is 0 Å². The minimum absolute atomic E-state index is 0.114. The third kappa shape index (κ3) is 5.76. The van der Waals surface area contributed by atoms with E-state index in [1.165, 1.54) is 0 Å². The van der Waals surface area contributed by atoms with Gasteiger partial charge in [-0.15, -0.1) is 0 Å². The van der Waals surface area contributed by atoms with E-state index in [0.717, 1.165) is 37.4 Å². The fraction of sp³-hybridized carbons (Fsp3) is 0.438. The second kappa shape index (κ2) is 8.18. The van der Waals surface area contributed by atoms with E-state index in [9.17, 15) is 4.79 Å². The van der Waals surface area contributed by atoms with Crippen LogP contribution in [0, 0.1) is 17.8 Å². The molecule has 1 aliphatic rings. The van der Waals surface area contributed by atoms with E-state index in [2.05, 4.69) is 17.2 Å². The number of ether oxygens (including phenoxy) is 2. The Morgan fingerprint density at radius 2 is 2.24 bits per heavy atom. The van der Waals surface area contributed by atoms with Crippen LogP contribution in [-0.4, -0.2) is 37.6 Å². The van der Waals surface area contributed by atoms with Gasteiger partial charge in [0.05, 0.1) is 13.2 Å². The molecule has 5 nitrogen and oxygen atoms in total. The smallest absolute Gasteiger partial charge is 0.405 e. The fourth-order valence-corrected chi connectivity index (χ4v) is 2.06. The molecule has 0 aromatic heterocycles. The number of amides is 1. The Kier molecular flexibility index (Phi) is 5.92. The number of nitrogens with one attached hydrogen (secondary N) is 1. The lowest BCUT2D eigenvalue weighted by atomic mass is 10.0. The molecule has 1 saturated heterocycles. The molecule has 1 aromatic rings. The Morgan fingerprint density at radius 1 is 1.43 bits per heavy atom. The number of hydrogen-bond acceptors (Lipinski definition) is 3. The second-order valence-electron chi connectivity index (χ2n) is 4.86. The first-order chi connectivity index (χ1) is 10.2. The summed E-state index contributed by atoms with van der Waals surface area (Å²) in [7, 11) is 0. The first-order valence-corrected chi connectivity index (χ1v) is 7.00. The summed E-state index contributed by atoms with van der Waals surface area (Å²) in [6, 6.07) is 7.52. The lowest BCUT2D eigenvalue weighted by molar-refractivity contribution is 0.0497. The Morgan fingerprint density at radius 3 is 3.00 bits per heavy atom. The standard InChI is InChI=1S/C16H19NO4/c18-16(19)17-8-2-4-13-3-1-5-15(11-13)21-12-14-6-9-20-10-7-14/h1,3,5,11,14,17H,6-10,12H2,(H,18,19). The van der Waals surface area contributed by atoms with Crippen LogP contribution in [0.15, 0.2) is 24.3 Å². The van der Waals surface area contributed by atoms with Gasteiger partial charge in [0, 0.05) is 18.8 Å². The van der Waals surface area contributed by atoms with Crippen molar-refractivity contribution in [3.05, 3.63) is 29.8 Å². The molecule has 0 spiro atoms. The van der Waals surface area contributed by atoms with Crippen molar-refractivity contribution in [2.45, 2.75) is 12.8 Å². The highest BCUT2D eigenvalue weighted by Crippen LogP contribution is 2.18. The average Bonchev–Trinajstić information content (AvgIpc) is 2.51. The van der Waals surface area contributed by atoms with Gasteiger partial charge >= 0.3 is 6.09 Å². The van der Waals surface area contributed by atoms with Crippen LogP contribution >= 0.6 is 0 Å². The van der Waals surface area contributed by atoms with Crippen LogP contribution in [0.3, 0.4) is 0 Å². The Labute approximate surface area is 124 Å². The molecule has 112 valence electrons. The molecule has 0 radical (unpaired) electrons. The summed E-state index contributed by atoms with van der Waals surface area (Å²) in [4.78, 5) is 10.3. The van der Waals surface area contributed by atoms with E-state index in [1.807, 2.05) is 24.3 Å². The average molecular weight is 289 g/mol. The van der Waals surface area contributed by atoms with E-state index in [0.29, 0.717) is 12.5 Å². The molecule has 0 saturated carbocycles. The van der Waals surface area contributed by atoms with E-state index in [4.69, 9.17) is 14.6 Å². The lowest BCUT2D eigenvalue weighted by Crippen LogP contribution is -2.21. The van der Waals surface area contributed by atoms with Gasteiger partial charge in [-0.25, -0.2) is 4.79 Å². The summed E-state index contributed by atoms with van der Waals surface area (Å²) in [5, 5.41) is 10.6. The maximum Gasteiger partial charge on any atom is 0.405 e. The molecule has 1 heterocycles. The zero-order valence-corrected chi connectivity index (χ0v) is 11.8. The number of carboxylic acid groups (broad SMARTS) is 1.